The van der Waals surface area contributed by atoms with Crippen LogP contribution in [0.1, 0.15) is 33.1 Å². The number of halogens is 1. The molecule has 1 saturated heterocycles. The third-order valence-electron chi connectivity index (χ3n) is 3.76. The lowest BCUT2D eigenvalue weighted by atomic mass is 10.0. The van der Waals surface area contributed by atoms with Crippen molar-refractivity contribution in [1.82, 2.24) is 15.5 Å². The Bertz CT molecular complexity index is 262. The Labute approximate surface area is 128 Å². The van der Waals surface area contributed by atoms with Crippen LogP contribution in [0.5, 0.6) is 0 Å². The molecule has 106 valence electrons. The van der Waals surface area contributed by atoms with Crippen molar-refractivity contribution in [3.8, 4) is 0 Å². The van der Waals surface area contributed by atoms with Crippen LogP contribution < -0.4 is 10.6 Å². The van der Waals surface area contributed by atoms with E-state index < -0.39 is 0 Å². The number of guanidine groups is 1. The molecule has 0 amide bonds. The summed E-state index contributed by atoms with van der Waals surface area (Å²) in [6.45, 7) is 10.2. The lowest BCUT2D eigenvalue weighted by molar-refractivity contribution is 0.192. The van der Waals surface area contributed by atoms with Gasteiger partial charge in [0.05, 0.1) is 0 Å². The lowest BCUT2D eigenvalue weighted by Crippen LogP contribution is -2.49. The fraction of sp³-hybridized carbons (Fsp3) is 0.923. The van der Waals surface area contributed by atoms with Crippen LogP contribution in [-0.2, 0) is 0 Å². The minimum Gasteiger partial charge on any atom is -0.356 e. The number of nitrogens with one attached hydrogen (secondary N) is 2. The predicted octanol–water partition coefficient (Wildman–Crippen LogP) is 1.66. The quantitative estimate of drug-likeness (QED) is 0.744. The second-order valence-electron chi connectivity index (χ2n) is 5.45. The summed E-state index contributed by atoms with van der Waals surface area (Å²) in [7, 11) is 0. The first-order valence-corrected chi connectivity index (χ1v) is 7.03. The molecule has 2 aliphatic heterocycles. The molecule has 2 rings (SSSR count). The first-order valence-electron chi connectivity index (χ1n) is 7.03. The molecule has 2 N–H and O–H groups in total. The molecule has 0 bridgehead atoms. The van der Waals surface area contributed by atoms with Crippen molar-refractivity contribution in [2.24, 2.45) is 10.9 Å². The van der Waals surface area contributed by atoms with Gasteiger partial charge in [-0.05, 0) is 38.3 Å². The summed E-state index contributed by atoms with van der Waals surface area (Å²) in [5.41, 5.74) is 0. The van der Waals surface area contributed by atoms with Crippen LogP contribution in [0.4, 0.5) is 0 Å². The molecule has 1 atom stereocenters. The lowest BCUT2D eigenvalue weighted by Gasteiger charge is -2.31. The van der Waals surface area contributed by atoms with E-state index in [-0.39, 0.29) is 24.0 Å². The van der Waals surface area contributed by atoms with Gasteiger partial charge in [-0.1, -0.05) is 13.8 Å². The molecule has 0 aromatic heterocycles. The third kappa shape index (κ3) is 4.57. The van der Waals surface area contributed by atoms with Crippen molar-refractivity contribution in [3.05, 3.63) is 0 Å². The Hall–Kier alpha value is -0.0400. The highest BCUT2D eigenvalue weighted by atomic mass is 127. The van der Waals surface area contributed by atoms with Crippen molar-refractivity contribution in [3.63, 3.8) is 0 Å². The predicted molar refractivity (Wildman–Crippen MR) is 87.8 cm³/mol. The van der Waals surface area contributed by atoms with E-state index in [0.29, 0.717) is 12.0 Å². The summed E-state index contributed by atoms with van der Waals surface area (Å²) in [4.78, 5) is 7.09. The van der Waals surface area contributed by atoms with E-state index in [1.54, 1.807) is 0 Å². The molecule has 4 nitrogen and oxygen atoms in total. The molecule has 0 aliphatic carbocycles. The SMILES string of the molecule is CC(C)C(CNC1=NCCCN1)N1CCCC1.I. The van der Waals surface area contributed by atoms with Crippen LogP contribution in [0.3, 0.4) is 0 Å². The molecule has 0 spiro atoms. The topological polar surface area (TPSA) is 39.7 Å². The molecule has 0 radical (unpaired) electrons. The minimum absolute atomic E-state index is 0. The summed E-state index contributed by atoms with van der Waals surface area (Å²) in [6, 6.07) is 0.643. The fourth-order valence-electron chi connectivity index (χ4n) is 2.71. The van der Waals surface area contributed by atoms with Gasteiger partial charge in [-0.3, -0.25) is 9.89 Å². The molecule has 0 aromatic rings. The number of rotatable bonds is 4. The molecule has 0 saturated carbocycles. The van der Waals surface area contributed by atoms with E-state index in [4.69, 9.17) is 0 Å². The normalized spacial score (nSPS) is 22.1. The van der Waals surface area contributed by atoms with Crippen molar-refractivity contribution < 1.29 is 0 Å². The van der Waals surface area contributed by atoms with Gasteiger partial charge in [-0.2, -0.15) is 0 Å². The van der Waals surface area contributed by atoms with Gasteiger partial charge in [-0.25, -0.2) is 0 Å². The molecule has 0 aromatic carbocycles. The Morgan fingerprint density at radius 3 is 2.56 bits per heavy atom. The van der Waals surface area contributed by atoms with E-state index >= 15 is 0 Å². The molecular weight excluding hydrogens is 339 g/mol. The van der Waals surface area contributed by atoms with Crippen LogP contribution >= 0.6 is 24.0 Å². The number of likely N-dealkylation sites (tertiary alicyclic amines) is 1. The number of aliphatic imine (C=N–C) groups is 1. The van der Waals surface area contributed by atoms with E-state index in [1.807, 2.05) is 0 Å². The van der Waals surface area contributed by atoms with Gasteiger partial charge < -0.3 is 10.6 Å². The van der Waals surface area contributed by atoms with Gasteiger partial charge >= 0.3 is 0 Å². The van der Waals surface area contributed by atoms with Crippen LogP contribution in [0.25, 0.3) is 0 Å². The minimum atomic E-state index is 0. The van der Waals surface area contributed by atoms with Crippen molar-refractivity contribution in [2.45, 2.75) is 39.2 Å². The average molecular weight is 366 g/mol. The highest BCUT2D eigenvalue weighted by molar-refractivity contribution is 14.0. The van der Waals surface area contributed by atoms with Gasteiger partial charge in [0.2, 0.25) is 0 Å². The van der Waals surface area contributed by atoms with E-state index in [1.165, 1.54) is 25.9 Å². The molecule has 2 heterocycles. The van der Waals surface area contributed by atoms with Crippen LogP contribution in [-0.4, -0.2) is 49.6 Å². The van der Waals surface area contributed by atoms with Crippen LogP contribution in [0, 0.1) is 5.92 Å². The Balaban J connectivity index is 0.00000162. The number of nitrogens with zero attached hydrogens (tertiary/aromatic N) is 2. The zero-order chi connectivity index (χ0) is 12.1. The van der Waals surface area contributed by atoms with Gasteiger partial charge in [0.25, 0.3) is 0 Å². The standard InChI is InChI=1S/C13H26N4.HI/c1-11(2)12(17-8-3-4-9-17)10-16-13-14-6-5-7-15-13;/h11-12H,3-10H2,1-2H3,(H2,14,15,16);1H. The molecule has 1 unspecified atom stereocenters. The Kier molecular flexibility index (Phi) is 7.29. The summed E-state index contributed by atoms with van der Waals surface area (Å²) < 4.78 is 0. The highest BCUT2D eigenvalue weighted by Gasteiger charge is 2.24. The molecular formula is C13H27IN4. The maximum atomic E-state index is 4.46. The second kappa shape index (κ2) is 8.19. The maximum absolute atomic E-state index is 4.46. The summed E-state index contributed by atoms with van der Waals surface area (Å²) >= 11 is 0. The Morgan fingerprint density at radius 1 is 1.28 bits per heavy atom. The van der Waals surface area contributed by atoms with E-state index in [0.717, 1.165) is 32.0 Å². The smallest absolute Gasteiger partial charge is 0.191 e. The summed E-state index contributed by atoms with van der Waals surface area (Å²) in [5, 5.41) is 6.80. The fourth-order valence-corrected chi connectivity index (χ4v) is 2.71. The zero-order valence-electron chi connectivity index (χ0n) is 11.6. The van der Waals surface area contributed by atoms with Crippen molar-refractivity contribution >= 4 is 29.9 Å². The molecule has 5 heteroatoms. The van der Waals surface area contributed by atoms with Gasteiger partial charge in [0.1, 0.15) is 0 Å². The zero-order valence-corrected chi connectivity index (χ0v) is 13.9. The number of hydrogen-bond acceptors (Lipinski definition) is 4. The van der Waals surface area contributed by atoms with Gasteiger partial charge in [0.15, 0.2) is 5.96 Å². The van der Waals surface area contributed by atoms with Crippen molar-refractivity contribution in [1.29, 1.82) is 0 Å². The summed E-state index contributed by atoms with van der Waals surface area (Å²) in [5.74, 6) is 1.70. The van der Waals surface area contributed by atoms with Gasteiger partial charge in [0, 0.05) is 25.7 Å². The van der Waals surface area contributed by atoms with Crippen LogP contribution in [0.2, 0.25) is 0 Å². The monoisotopic (exact) mass is 366 g/mol. The summed E-state index contributed by atoms with van der Waals surface area (Å²) in [6.07, 6.45) is 3.88. The molecule has 1 fully saturated rings. The first kappa shape index (κ1) is 16.0. The largest absolute Gasteiger partial charge is 0.356 e. The molecule has 2 aliphatic rings. The van der Waals surface area contributed by atoms with Crippen LogP contribution in [0.15, 0.2) is 4.99 Å². The highest BCUT2D eigenvalue weighted by Crippen LogP contribution is 2.17. The van der Waals surface area contributed by atoms with E-state index in [2.05, 4.69) is 34.4 Å². The second-order valence-corrected chi connectivity index (χ2v) is 5.45. The average Bonchev–Trinajstić information content (AvgIpc) is 2.84. The van der Waals surface area contributed by atoms with Crippen molar-refractivity contribution in [2.75, 3.05) is 32.7 Å². The third-order valence-corrected chi connectivity index (χ3v) is 3.76. The maximum Gasteiger partial charge on any atom is 0.191 e. The number of hydrogen-bond donors (Lipinski definition) is 2. The Morgan fingerprint density at radius 2 is 2.00 bits per heavy atom. The van der Waals surface area contributed by atoms with Gasteiger partial charge in [-0.15, -0.1) is 24.0 Å². The first-order chi connectivity index (χ1) is 8.27. The molecule has 18 heavy (non-hydrogen) atoms. The van der Waals surface area contributed by atoms with E-state index in [9.17, 15) is 0 Å².